The third-order valence-electron chi connectivity index (χ3n) is 2.55. The van der Waals surface area contributed by atoms with E-state index in [1.165, 1.54) is 19.3 Å². The van der Waals surface area contributed by atoms with Gasteiger partial charge in [0.05, 0.1) is 0 Å². The van der Waals surface area contributed by atoms with E-state index in [1.54, 1.807) is 0 Å². The second kappa shape index (κ2) is 6.68. The fraction of sp³-hybridized carbons (Fsp3) is 1.00. The van der Waals surface area contributed by atoms with Crippen molar-refractivity contribution in [1.29, 1.82) is 0 Å². The standard InChI is InChI=1S/C10H21NOS/c1-9(13-2)8-11-10-4-3-6-12-7-5-10/h9-11H,3-8H2,1-2H3. The van der Waals surface area contributed by atoms with Crippen molar-refractivity contribution in [2.45, 2.75) is 37.5 Å². The molecule has 0 radical (unpaired) electrons. The molecule has 0 amide bonds. The van der Waals surface area contributed by atoms with Crippen LogP contribution in [0, 0.1) is 0 Å². The van der Waals surface area contributed by atoms with E-state index in [1.807, 2.05) is 11.8 Å². The lowest BCUT2D eigenvalue weighted by molar-refractivity contribution is 0.142. The average Bonchev–Trinajstić information content (AvgIpc) is 2.42. The average molecular weight is 203 g/mol. The summed E-state index contributed by atoms with van der Waals surface area (Å²) in [6.07, 6.45) is 5.84. The maximum absolute atomic E-state index is 5.41. The predicted octanol–water partition coefficient (Wildman–Crippen LogP) is 1.90. The Morgan fingerprint density at radius 3 is 3.08 bits per heavy atom. The maximum atomic E-state index is 5.41. The maximum Gasteiger partial charge on any atom is 0.0480 e. The molecule has 0 bridgehead atoms. The van der Waals surface area contributed by atoms with Crippen molar-refractivity contribution in [1.82, 2.24) is 5.32 Å². The van der Waals surface area contributed by atoms with Gasteiger partial charge in [-0.2, -0.15) is 11.8 Å². The van der Waals surface area contributed by atoms with Gasteiger partial charge in [-0.25, -0.2) is 0 Å². The molecule has 3 heteroatoms. The van der Waals surface area contributed by atoms with E-state index < -0.39 is 0 Å². The number of ether oxygens (including phenoxy) is 1. The fourth-order valence-electron chi connectivity index (χ4n) is 1.52. The molecule has 1 aliphatic heterocycles. The van der Waals surface area contributed by atoms with Gasteiger partial charge in [0.15, 0.2) is 0 Å². The second-order valence-electron chi connectivity index (χ2n) is 3.69. The minimum absolute atomic E-state index is 0.692. The highest BCUT2D eigenvalue weighted by Gasteiger charge is 2.12. The summed E-state index contributed by atoms with van der Waals surface area (Å²) in [5.74, 6) is 0. The first kappa shape index (κ1) is 11.3. The Bertz CT molecular complexity index is 124. The van der Waals surface area contributed by atoms with Crippen LogP contribution in [0.4, 0.5) is 0 Å². The van der Waals surface area contributed by atoms with E-state index in [0.717, 1.165) is 25.0 Å². The zero-order valence-electron chi connectivity index (χ0n) is 8.71. The molecule has 0 aromatic heterocycles. The van der Waals surface area contributed by atoms with Crippen molar-refractivity contribution in [3.63, 3.8) is 0 Å². The van der Waals surface area contributed by atoms with Crippen LogP contribution in [-0.2, 0) is 4.74 Å². The molecular formula is C10H21NOS. The van der Waals surface area contributed by atoms with Crippen LogP contribution in [0.1, 0.15) is 26.2 Å². The Kier molecular flexibility index (Phi) is 5.83. The number of rotatable bonds is 4. The summed E-state index contributed by atoms with van der Waals surface area (Å²) in [6, 6.07) is 0.692. The molecule has 1 rings (SSSR count). The smallest absolute Gasteiger partial charge is 0.0480 e. The van der Waals surface area contributed by atoms with E-state index in [2.05, 4.69) is 18.5 Å². The van der Waals surface area contributed by atoms with Crippen LogP contribution < -0.4 is 5.32 Å². The third-order valence-corrected chi connectivity index (χ3v) is 3.52. The summed E-state index contributed by atoms with van der Waals surface area (Å²) in [5.41, 5.74) is 0. The van der Waals surface area contributed by atoms with Crippen LogP contribution in [0.3, 0.4) is 0 Å². The number of thioether (sulfide) groups is 1. The summed E-state index contributed by atoms with van der Waals surface area (Å²) in [4.78, 5) is 0. The quantitative estimate of drug-likeness (QED) is 0.754. The lowest BCUT2D eigenvalue weighted by Gasteiger charge is -2.17. The van der Waals surface area contributed by atoms with Gasteiger partial charge >= 0.3 is 0 Å². The molecule has 1 heterocycles. The zero-order valence-corrected chi connectivity index (χ0v) is 9.53. The van der Waals surface area contributed by atoms with E-state index in [4.69, 9.17) is 4.74 Å². The third kappa shape index (κ3) is 4.89. The van der Waals surface area contributed by atoms with Crippen LogP contribution in [-0.4, -0.2) is 37.3 Å². The molecular weight excluding hydrogens is 182 g/mol. The highest BCUT2D eigenvalue weighted by molar-refractivity contribution is 7.99. The van der Waals surface area contributed by atoms with Crippen LogP contribution in [0.5, 0.6) is 0 Å². The minimum atomic E-state index is 0.692. The van der Waals surface area contributed by atoms with Gasteiger partial charge in [0.2, 0.25) is 0 Å². The number of hydrogen-bond acceptors (Lipinski definition) is 3. The zero-order chi connectivity index (χ0) is 9.52. The Morgan fingerprint density at radius 2 is 2.31 bits per heavy atom. The molecule has 1 N–H and O–H groups in total. The Hall–Kier alpha value is 0.270. The molecule has 2 unspecified atom stereocenters. The SMILES string of the molecule is CSC(C)CNC1CCCOCC1. The van der Waals surface area contributed by atoms with Crippen molar-refractivity contribution in [2.75, 3.05) is 26.0 Å². The fourth-order valence-corrected chi connectivity index (χ4v) is 1.79. The van der Waals surface area contributed by atoms with Crippen molar-refractivity contribution in [3.05, 3.63) is 0 Å². The van der Waals surface area contributed by atoms with Crippen LogP contribution >= 0.6 is 11.8 Å². The first-order valence-electron chi connectivity index (χ1n) is 5.17. The summed E-state index contributed by atoms with van der Waals surface area (Å²) >= 11 is 1.92. The van der Waals surface area contributed by atoms with Gasteiger partial charge < -0.3 is 10.1 Å². The number of nitrogens with one attached hydrogen (secondary N) is 1. The molecule has 2 nitrogen and oxygen atoms in total. The molecule has 0 aromatic carbocycles. The summed E-state index contributed by atoms with van der Waals surface area (Å²) in [5, 5.41) is 4.34. The predicted molar refractivity (Wildman–Crippen MR) is 59.4 cm³/mol. The summed E-state index contributed by atoms with van der Waals surface area (Å²) in [7, 11) is 0. The van der Waals surface area contributed by atoms with Crippen molar-refractivity contribution in [2.24, 2.45) is 0 Å². The van der Waals surface area contributed by atoms with Crippen molar-refractivity contribution >= 4 is 11.8 Å². The van der Waals surface area contributed by atoms with Crippen LogP contribution in [0.2, 0.25) is 0 Å². The number of hydrogen-bond donors (Lipinski definition) is 1. The Balaban J connectivity index is 2.11. The van der Waals surface area contributed by atoms with Gasteiger partial charge in [-0.1, -0.05) is 6.92 Å². The molecule has 2 atom stereocenters. The van der Waals surface area contributed by atoms with E-state index in [9.17, 15) is 0 Å². The lowest BCUT2D eigenvalue weighted by atomic mass is 10.1. The van der Waals surface area contributed by atoms with Crippen molar-refractivity contribution in [3.8, 4) is 0 Å². The van der Waals surface area contributed by atoms with E-state index in [-0.39, 0.29) is 0 Å². The van der Waals surface area contributed by atoms with E-state index in [0.29, 0.717) is 6.04 Å². The Morgan fingerprint density at radius 1 is 1.46 bits per heavy atom. The highest BCUT2D eigenvalue weighted by Crippen LogP contribution is 2.09. The molecule has 1 fully saturated rings. The van der Waals surface area contributed by atoms with Gasteiger partial charge in [0.25, 0.3) is 0 Å². The minimum Gasteiger partial charge on any atom is -0.381 e. The highest BCUT2D eigenvalue weighted by atomic mass is 32.2. The first-order valence-corrected chi connectivity index (χ1v) is 6.45. The lowest BCUT2D eigenvalue weighted by Crippen LogP contribution is -2.33. The molecule has 0 aliphatic carbocycles. The van der Waals surface area contributed by atoms with Gasteiger partial charge in [-0.3, -0.25) is 0 Å². The molecule has 0 aromatic rings. The monoisotopic (exact) mass is 203 g/mol. The first-order chi connectivity index (χ1) is 6.33. The largest absolute Gasteiger partial charge is 0.381 e. The Labute approximate surface area is 85.8 Å². The van der Waals surface area contributed by atoms with E-state index >= 15 is 0 Å². The van der Waals surface area contributed by atoms with Gasteiger partial charge in [0, 0.05) is 31.1 Å². The molecule has 13 heavy (non-hydrogen) atoms. The van der Waals surface area contributed by atoms with Gasteiger partial charge in [-0.15, -0.1) is 0 Å². The normalized spacial score (nSPS) is 26.8. The molecule has 1 saturated heterocycles. The topological polar surface area (TPSA) is 21.3 Å². The van der Waals surface area contributed by atoms with Crippen LogP contribution in [0.15, 0.2) is 0 Å². The molecule has 78 valence electrons. The van der Waals surface area contributed by atoms with Crippen molar-refractivity contribution < 1.29 is 4.74 Å². The summed E-state index contributed by atoms with van der Waals surface area (Å²) in [6.45, 7) is 5.29. The van der Waals surface area contributed by atoms with Gasteiger partial charge in [-0.05, 0) is 25.5 Å². The molecule has 0 saturated carbocycles. The summed E-state index contributed by atoms with van der Waals surface area (Å²) < 4.78 is 5.41. The molecule has 1 aliphatic rings. The van der Waals surface area contributed by atoms with Gasteiger partial charge in [0.1, 0.15) is 0 Å². The second-order valence-corrected chi connectivity index (χ2v) is 4.97. The molecule has 0 spiro atoms. The van der Waals surface area contributed by atoms with Crippen LogP contribution in [0.25, 0.3) is 0 Å².